The standard InChI is InChI=1S/C23H20N4O5S/c28-19(26-23-25-15-9-16-17(10-18(15)33-23)32-8-7-31-16)11-24-21(29)20-13-3-1-2-4-14(13)22(30)27(20)12-5-6-12/h1-4,9-10,12,20H,5-8,11H2,(H,24,29)(H,25,26,28). The molecule has 0 radical (unpaired) electrons. The molecule has 2 aliphatic heterocycles. The minimum atomic E-state index is -0.706. The van der Waals surface area contributed by atoms with Crippen molar-refractivity contribution in [2.24, 2.45) is 0 Å². The van der Waals surface area contributed by atoms with Crippen LogP contribution in [0.3, 0.4) is 0 Å². The summed E-state index contributed by atoms with van der Waals surface area (Å²) < 4.78 is 12.0. The monoisotopic (exact) mass is 464 g/mol. The Morgan fingerprint density at radius 2 is 1.88 bits per heavy atom. The number of fused-ring (bicyclic) bond motifs is 3. The molecular formula is C23H20N4O5S. The van der Waals surface area contributed by atoms with Crippen molar-refractivity contribution in [3.8, 4) is 11.5 Å². The summed E-state index contributed by atoms with van der Waals surface area (Å²) in [5.41, 5.74) is 1.94. The van der Waals surface area contributed by atoms with Crippen molar-refractivity contribution in [2.45, 2.75) is 24.9 Å². The van der Waals surface area contributed by atoms with Crippen LogP contribution >= 0.6 is 11.3 Å². The first-order valence-electron chi connectivity index (χ1n) is 10.8. The Hall–Kier alpha value is -3.66. The summed E-state index contributed by atoms with van der Waals surface area (Å²) >= 11 is 1.32. The van der Waals surface area contributed by atoms with Gasteiger partial charge >= 0.3 is 0 Å². The van der Waals surface area contributed by atoms with Gasteiger partial charge in [0.2, 0.25) is 11.8 Å². The van der Waals surface area contributed by atoms with Crippen molar-refractivity contribution in [3.63, 3.8) is 0 Å². The van der Waals surface area contributed by atoms with Crippen LogP contribution in [-0.4, -0.2) is 53.4 Å². The second kappa shape index (κ2) is 7.73. The van der Waals surface area contributed by atoms with E-state index in [2.05, 4.69) is 15.6 Å². The number of benzene rings is 2. The topological polar surface area (TPSA) is 110 Å². The number of nitrogens with zero attached hydrogens (tertiary/aromatic N) is 2. The molecule has 1 aliphatic carbocycles. The zero-order chi connectivity index (χ0) is 22.5. The van der Waals surface area contributed by atoms with E-state index in [0.29, 0.717) is 46.5 Å². The average Bonchev–Trinajstić information content (AvgIpc) is 3.52. The van der Waals surface area contributed by atoms with Crippen LogP contribution in [0.4, 0.5) is 5.13 Å². The molecule has 6 rings (SSSR count). The highest BCUT2D eigenvalue weighted by Crippen LogP contribution is 2.42. The van der Waals surface area contributed by atoms with Gasteiger partial charge in [-0.1, -0.05) is 29.5 Å². The molecule has 3 aliphatic rings. The van der Waals surface area contributed by atoms with Gasteiger partial charge in [-0.2, -0.15) is 0 Å². The lowest BCUT2D eigenvalue weighted by atomic mass is 10.0. The minimum Gasteiger partial charge on any atom is -0.486 e. The molecule has 1 saturated carbocycles. The third-order valence-electron chi connectivity index (χ3n) is 5.91. The number of ether oxygens (including phenoxy) is 2. The van der Waals surface area contributed by atoms with Crippen LogP contribution in [0.1, 0.15) is 34.8 Å². The second-order valence-electron chi connectivity index (χ2n) is 8.18. The number of aromatic nitrogens is 1. The van der Waals surface area contributed by atoms with E-state index in [0.717, 1.165) is 17.5 Å². The number of rotatable bonds is 5. The van der Waals surface area contributed by atoms with Gasteiger partial charge in [0.1, 0.15) is 19.3 Å². The van der Waals surface area contributed by atoms with Crippen LogP contribution in [0.5, 0.6) is 11.5 Å². The van der Waals surface area contributed by atoms with E-state index in [1.807, 2.05) is 12.1 Å². The molecule has 1 atom stereocenters. The SMILES string of the molecule is O=C(CNC(=O)C1c2ccccc2C(=O)N1C1CC1)Nc1nc2cc3c(cc2s1)OCCO3. The maximum absolute atomic E-state index is 13.0. The van der Waals surface area contributed by atoms with Crippen molar-refractivity contribution in [3.05, 3.63) is 47.5 Å². The maximum Gasteiger partial charge on any atom is 0.255 e. The van der Waals surface area contributed by atoms with E-state index in [-0.39, 0.29) is 24.4 Å². The van der Waals surface area contributed by atoms with E-state index in [4.69, 9.17) is 9.47 Å². The average molecular weight is 465 g/mol. The molecule has 2 aromatic carbocycles. The fraction of sp³-hybridized carbons (Fsp3) is 0.304. The Balaban J connectivity index is 1.13. The number of thiazole rings is 1. The van der Waals surface area contributed by atoms with Crippen LogP contribution in [0, 0.1) is 0 Å². The van der Waals surface area contributed by atoms with Crippen LogP contribution < -0.4 is 20.1 Å². The van der Waals surface area contributed by atoms with Gasteiger partial charge < -0.3 is 25.0 Å². The third kappa shape index (κ3) is 3.56. The molecule has 3 aromatic rings. The molecule has 2 N–H and O–H groups in total. The minimum absolute atomic E-state index is 0.0796. The number of carbonyl (C=O) groups is 3. The van der Waals surface area contributed by atoms with Crippen LogP contribution in [-0.2, 0) is 9.59 Å². The molecule has 0 spiro atoms. The summed E-state index contributed by atoms with van der Waals surface area (Å²) in [7, 11) is 0. The zero-order valence-corrected chi connectivity index (χ0v) is 18.3. The molecule has 0 saturated heterocycles. The molecular weight excluding hydrogens is 444 g/mol. The van der Waals surface area contributed by atoms with Crippen molar-refractivity contribution >= 4 is 44.4 Å². The Bertz CT molecular complexity index is 1260. The van der Waals surface area contributed by atoms with Crippen molar-refractivity contribution < 1.29 is 23.9 Å². The molecule has 10 heteroatoms. The normalized spacial score (nSPS) is 18.8. The van der Waals surface area contributed by atoms with Gasteiger partial charge in [-0.15, -0.1) is 0 Å². The molecule has 1 aromatic heterocycles. The number of carbonyl (C=O) groups excluding carboxylic acids is 3. The van der Waals surface area contributed by atoms with Crippen molar-refractivity contribution in [1.82, 2.24) is 15.2 Å². The van der Waals surface area contributed by atoms with Gasteiger partial charge in [0.15, 0.2) is 16.6 Å². The summed E-state index contributed by atoms with van der Waals surface area (Å²) in [6, 6.07) is 10.2. The first-order valence-corrected chi connectivity index (χ1v) is 11.6. The van der Waals surface area contributed by atoms with Gasteiger partial charge in [0.05, 0.1) is 16.8 Å². The summed E-state index contributed by atoms with van der Waals surface area (Å²) in [4.78, 5) is 44.4. The fourth-order valence-electron chi connectivity index (χ4n) is 4.28. The molecule has 1 unspecified atom stereocenters. The third-order valence-corrected chi connectivity index (χ3v) is 6.84. The van der Waals surface area contributed by atoms with Crippen molar-refractivity contribution in [2.75, 3.05) is 25.1 Å². The fourth-order valence-corrected chi connectivity index (χ4v) is 5.17. The van der Waals surface area contributed by atoms with Gasteiger partial charge in [-0.3, -0.25) is 14.4 Å². The summed E-state index contributed by atoms with van der Waals surface area (Å²) in [5.74, 6) is 0.421. The second-order valence-corrected chi connectivity index (χ2v) is 9.21. The Morgan fingerprint density at radius 3 is 2.67 bits per heavy atom. The van der Waals surface area contributed by atoms with E-state index in [1.165, 1.54) is 11.3 Å². The highest BCUT2D eigenvalue weighted by Gasteiger charge is 2.47. The van der Waals surface area contributed by atoms with Crippen LogP contribution in [0.25, 0.3) is 10.2 Å². The summed E-state index contributed by atoms with van der Waals surface area (Å²) in [5, 5.41) is 5.85. The Labute approximate surface area is 192 Å². The number of nitrogens with one attached hydrogen (secondary N) is 2. The maximum atomic E-state index is 13.0. The number of hydrogen-bond donors (Lipinski definition) is 2. The van der Waals surface area contributed by atoms with Gasteiger partial charge in [-0.25, -0.2) is 4.98 Å². The molecule has 3 amide bonds. The first kappa shape index (κ1) is 20.0. The predicted molar refractivity (Wildman–Crippen MR) is 121 cm³/mol. The lowest BCUT2D eigenvalue weighted by Crippen LogP contribution is -2.42. The molecule has 33 heavy (non-hydrogen) atoms. The van der Waals surface area contributed by atoms with Crippen LogP contribution in [0.15, 0.2) is 36.4 Å². The Kier molecular flexibility index (Phi) is 4.68. The summed E-state index contributed by atoms with van der Waals surface area (Å²) in [6.45, 7) is 0.764. The smallest absolute Gasteiger partial charge is 0.255 e. The van der Waals surface area contributed by atoms with Crippen LogP contribution in [0.2, 0.25) is 0 Å². The zero-order valence-electron chi connectivity index (χ0n) is 17.5. The lowest BCUT2D eigenvalue weighted by Gasteiger charge is -2.24. The number of amides is 3. The quantitative estimate of drug-likeness (QED) is 0.600. The van der Waals surface area contributed by atoms with Gasteiger partial charge in [0, 0.05) is 23.7 Å². The van der Waals surface area contributed by atoms with E-state index in [1.54, 1.807) is 29.2 Å². The van der Waals surface area contributed by atoms with E-state index >= 15 is 0 Å². The van der Waals surface area contributed by atoms with Gasteiger partial charge in [0.25, 0.3) is 5.91 Å². The Morgan fingerprint density at radius 1 is 1.12 bits per heavy atom. The highest BCUT2D eigenvalue weighted by atomic mass is 32.1. The first-order chi connectivity index (χ1) is 16.1. The number of anilines is 1. The highest BCUT2D eigenvalue weighted by molar-refractivity contribution is 7.22. The molecule has 0 bridgehead atoms. The van der Waals surface area contributed by atoms with Gasteiger partial charge in [-0.05, 0) is 24.5 Å². The lowest BCUT2D eigenvalue weighted by molar-refractivity contribution is -0.127. The van der Waals surface area contributed by atoms with E-state index in [9.17, 15) is 14.4 Å². The molecule has 9 nitrogen and oxygen atoms in total. The molecule has 1 fully saturated rings. The van der Waals surface area contributed by atoms with E-state index < -0.39 is 11.9 Å². The molecule has 3 heterocycles. The largest absolute Gasteiger partial charge is 0.486 e. The summed E-state index contributed by atoms with van der Waals surface area (Å²) in [6.07, 6.45) is 1.78. The number of hydrogen-bond acceptors (Lipinski definition) is 7. The molecule has 168 valence electrons. The predicted octanol–water partition coefficient (Wildman–Crippen LogP) is 2.48. The van der Waals surface area contributed by atoms with Crippen molar-refractivity contribution in [1.29, 1.82) is 0 Å².